The smallest absolute Gasteiger partial charge is 0.235 e. The van der Waals surface area contributed by atoms with Crippen LogP contribution in [0, 0.1) is 5.82 Å². The minimum atomic E-state index is -0.358. The van der Waals surface area contributed by atoms with Crippen LogP contribution < -0.4 is 0 Å². The number of halogens is 1. The third-order valence-corrected chi connectivity index (χ3v) is 2.97. The van der Waals surface area contributed by atoms with Crippen molar-refractivity contribution in [2.45, 2.75) is 12.5 Å². The fraction of sp³-hybridized carbons (Fsp3) is 0.200. The van der Waals surface area contributed by atoms with E-state index in [9.17, 15) is 4.39 Å². The quantitative estimate of drug-likeness (QED) is 0.846. The molecule has 19 heavy (non-hydrogen) atoms. The van der Waals surface area contributed by atoms with Crippen molar-refractivity contribution in [1.29, 1.82) is 0 Å². The summed E-state index contributed by atoms with van der Waals surface area (Å²) in [5.41, 5.74) is 1.81. The molecule has 0 spiro atoms. The van der Waals surface area contributed by atoms with Gasteiger partial charge in [-0.05, 0) is 24.1 Å². The van der Waals surface area contributed by atoms with E-state index in [0.29, 0.717) is 18.2 Å². The second kappa shape index (κ2) is 5.18. The van der Waals surface area contributed by atoms with Crippen molar-refractivity contribution < 1.29 is 9.13 Å². The van der Waals surface area contributed by atoms with Crippen molar-refractivity contribution in [3.63, 3.8) is 0 Å². The van der Waals surface area contributed by atoms with Gasteiger partial charge in [-0.15, -0.1) is 0 Å². The molecule has 0 radical (unpaired) electrons. The van der Waals surface area contributed by atoms with Crippen LogP contribution >= 0.6 is 0 Å². The Morgan fingerprint density at radius 3 is 2.74 bits per heavy atom. The standard InChI is InChI=1S/C15H13FN2O/c16-12-6-7-14(17-9-12)15-18-13(10-19-15)8-11-4-2-1-3-5-11/h1-7,9,13H,8,10H2. The highest BCUT2D eigenvalue weighted by atomic mass is 19.1. The summed E-state index contributed by atoms with van der Waals surface area (Å²) in [5, 5.41) is 0. The molecule has 3 nitrogen and oxygen atoms in total. The topological polar surface area (TPSA) is 34.5 Å². The van der Waals surface area contributed by atoms with Gasteiger partial charge in [-0.2, -0.15) is 0 Å². The van der Waals surface area contributed by atoms with Crippen molar-refractivity contribution in [2.75, 3.05) is 6.61 Å². The Bertz CT molecular complexity index is 581. The Balaban J connectivity index is 1.72. The van der Waals surface area contributed by atoms with Crippen LogP contribution in [0.4, 0.5) is 4.39 Å². The molecule has 2 aromatic rings. The number of ether oxygens (including phenoxy) is 1. The highest BCUT2D eigenvalue weighted by Crippen LogP contribution is 2.14. The van der Waals surface area contributed by atoms with Gasteiger partial charge < -0.3 is 4.74 Å². The molecule has 0 amide bonds. The predicted molar refractivity (Wildman–Crippen MR) is 70.6 cm³/mol. The van der Waals surface area contributed by atoms with E-state index in [4.69, 9.17) is 4.74 Å². The SMILES string of the molecule is Fc1ccc(C2=NC(Cc3ccccc3)CO2)nc1. The van der Waals surface area contributed by atoms with Gasteiger partial charge in [0.2, 0.25) is 5.90 Å². The van der Waals surface area contributed by atoms with Crippen molar-refractivity contribution in [3.05, 3.63) is 65.7 Å². The molecule has 1 aliphatic rings. The second-order valence-corrected chi connectivity index (χ2v) is 4.45. The lowest BCUT2D eigenvalue weighted by Gasteiger charge is -2.03. The Morgan fingerprint density at radius 1 is 1.16 bits per heavy atom. The highest BCUT2D eigenvalue weighted by Gasteiger charge is 2.21. The second-order valence-electron chi connectivity index (χ2n) is 4.45. The van der Waals surface area contributed by atoms with Gasteiger partial charge in [0.25, 0.3) is 0 Å². The summed E-state index contributed by atoms with van der Waals surface area (Å²) in [7, 11) is 0. The maximum atomic E-state index is 12.8. The van der Waals surface area contributed by atoms with E-state index in [-0.39, 0.29) is 11.9 Å². The van der Waals surface area contributed by atoms with Gasteiger partial charge in [-0.25, -0.2) is 14.4 Å². The molecule has 1 unspecified atom stereocenters. The first-order chi connectivity index (χ1) is 9.31. The molecule has 1 aromatic carbocycles. The van der Waals surface area contributed by atoms with Gasteiger partial charge in [0.15, 0.2) is 0 Å². The maximum Gasteiger partial charge on any atom is 0.235 e. The van der Waals surface area contributed by atoms with Gasteiger partial charge >= 0.3 is 0 Å². The van der Waals surface area contributed by atoms with E-state index in [1.165, 1.54) is 17.8 Å². The van der Waals surface area contributed by atoms with E-state index < -0.39 is 0 Å². The number of hydrogen-bond acceptors (Lipinski definition) is 3. The molecular formula is C15H13FN2O. The third-order valence-electron chi connectivity index (χ3n) is 2.97. The van der Waals surface area contributed by atoms with Crippen molar-refractivity contribution in [1.82, 2.24) is 4.98 Å². The fourth-order valence-corrected chi connectivity index (χ4v) is 2.05. The molecule has 3 rings (SSSR count). The van der Waals surface area contributed by atoms with E-state index in [2.05, 4.69) is 22.1 Å². The molecule has 0 saturated heterocycles. The van der Waals surface area contributed by atoms with Gasteiger partial charge in [-0.1, -0.05) is 30.3 Å². The predicted octanol–water partition coefficient (Wildman–Crippen LogP) is 2.61. The first kappa shape index (κ1) is 11.8. The number of aliphatic imine (C=N–C) groups is 1. The lowest BCUT2D eigenvalue weighted by Crippen LogP contribution is -2.09. The van der Waals surface area contributed by atoms with Gasteiger partial charge in [0, 0.05) is 0 Å². The number of rotatable bonds is 3. The molecule has 2 heterocycles. The van der Waals surface area contributed by atoms with Gasteiger partial charge in [0.05, 0.1) is 12.2 Å². The Morgan fingerprint density at radius 2 is 2.00 bits per heavy atom. The van der Waals surface area contributed by atoms with Crippen molar-refractivity contribution >= 4 is 5.90 Å². The monoisotopic (exact) mass is 256 g/mol. The number of nitrogens with zero attached hydrogens (tertiary/aromatic N) is 2. The van der Waals surface area contributed by atoms with E-state index in [1.807, 2.05) is 18.2 Å². The van der Waals surface area contributed by atoms with Crippen LogP contribution in [-0.2, 0) is 11.2 Å². The molecule has 0 fully saturated rings. The summed E-state index contributed by atoms with van der Waals surface area (Å²) in [6.07, 6.45) is 2.01. The molecule has 1 aromatic heterocycles. The zero-order chi connectivity index (χ0) is 13.1. The average Bonchev–Trinajstić information content (AvgIpc) is 2.89. The van der Waals surface area contributed by atoms with Crippen LogP contribution in [0.2, 0.25) is 0 Å². The van der Waals surface area contributed by atoms with Gasteiger partial charge in [0.1, 0.15) is 18.1 Å². The van der Waals surface area contributed by atoms with E-state index >= 15 is 0 Å². The summed E-state index contributed by atoms with van der Waals surface area (Å²) >= 11 is 0. The van der Waals surface area contributed by atoms with Crippen LogP contribution in [0.1, 0.15) is 11.3 Å². The molecular weight excluding hydrogens is 243 g/mol. The average molecular weight is 256 g/mol. The summed E-state index contributed by atoms with van der Waals surface area (Å²) in [6.45, 7) is 0.545. The Labute approximate surface area is 110 Å². The lowest BCUT2D eigenvalue weighted by molar-refractivity contribution is 0.316. The van der Waals surface area contributed by atoms with Crippen molar-refractivity contribution in [2.24, 2.45) is 4.99 Å². The number of aromatic nitrogens is 1. The molecule has 0 aliphatic carbocycles. The van der Waals surface area contributed by atoms with Gasteiger partial charge in [-0.3, -0.25) is 0 Å². The molecule has 1 atom stereocenters. The third kappa shape index (κ3) is 2.78. The fourth-order valence-electron chi connectivity index (χ4n) is 2.05. The minimum absolute atomic E-state index is 0.101. The summed E-state index contributed by atoms with van der Waals surface area (Å²) < 4.78 is 18.3. The zero-order valence-electron chi connectivity index (χ0n) is 10.3. The first-order valence-corrected chi connectivity index (χ1v) is 6.18. The first-order valence-electron chi connectivity index (χ1n) is 6.18. The number of hydrogen-bond donors (Lipinski definition) is 0. The number of benzene rings is 1. The largest absolute Gasteiger partial charge is 0.474 e. The minimum Gasteiger partial charge on any atom is -0.474 e. The maximum absolute atomic E-state index is 12.8. The molecule has 4 heteroatoms. The van der Waals surface area contributed by atoms with Crippen LogP contribution in [0.5, 0.6) is 0 Å². The van der Waals surface area contributed by atoms with Crippen LogP contribution in [0.15, 0.2) is 53.7 Å². The summed E-state index contributed by atoms with van der Waals surface area (Å²) in [4.78, 5) is 8.46. The molecule has 0 bridgehead atoms. The molecule has 0 saturated carbocycles. The van der Waals surface area contributed by atoms with E-state index in [0.717, 1.165) is 6.42 Å². The zero-order valence-corrected chi connectivity index (χ0v) is 10.3. The normalized spacial score (nSPS) is 17.9. The summed E-state index contributed by atoms with van der Waals surface area (Å²) in [6, 6.07) is 13.2. The highest BCUT2D eigenvalue weighted by molar-refractivity contribution is 5.93. The summed E-state index contributed by atoms with van der Waals surface area (Å²) in [5.74, 6) is 0.143. The van der Waals surface area contributed by atoms with Crippen molar-refractivity contribution in [3.8, 4) is 0 Å². The Hall–Kier alpha value is -2.23. The van der Waals surface area contributed by atoms with Crippen LogP contribution in [-0.4, -0.2) is 23.5 Å². The Kier molecular flexibility index (Phi) is 3.23. The molecule has 96 valence electrons. The van der Waals surface area contributed by atoms with Crippen LogP contribution in [0.25, 0.3) is 0 Å². The van der Waals surface area contributed by atoms with Crippen LogP contribution in [0.3, 0.4) is 0 Å². The molecule has 1 aliphatic heterocycles. The van der Waals surface area contributed by atoms with E-state index in [1.54, 1.807) is 6.07 Å². The number of pyridine rings is 1. The molecule has 0 N–H and O–H groups in total. The lowest BCUT2D eigenvalue weighted by atomic mass is 10.1.